The zero-order valence-electron chi connectivity index (χ0n) is 11.3. The van der Waals surface area contributed by atoms with Crippen molar-refractivity contribution in [2.24, 2.45) is 0 Å². The van der Waals surface area contributed by atoms with E-state index < -0.39 is 0 Å². The molecule has 0 radical (unpaired) electrons. The average Bonchev–Trinajstić information content (AvgIpc) is 2.82. The Morgan fingerprint density at radius 2 is 1.94 bits per heavy atom. The van der Waals surface area contributed by atoms with E-state index in [1.54, 1.807) is 14.2 Å². The number of aryl methyl sites for hydroxylation is 1. The van der Waals surface area contributed by atoms with E-state index in [2.05, 4.69) is 20.8 Å². The van der Waals surface area contributed by atoms with Gasteiger partial charge in [-0.15, -0.1) is 5.10 Å². The van der Waals surface area contributed by atoms with Gasteiger partial charge in [0.2, 0.25) is 0 Å². The molecule has 0 aromatic carbocycles. The first-order valence-corrected chi connectivity index (χ1v) is 6.32. The molecule has 0 unspecified atom stereocenters. The molecule has 0 amide bonds. The second-order valence-corrected chi connectivity index (χ2v) is 4.04. The summed E-state index contributed by atoms with van der Waals surface area (Å²) in [5.74, 6) is 0.873. The number of nitrogens with zero attached hydrogens (tertiary/aromatic N) is 4. The molecule has 0 atom stereocenters. The minimum Gasteiger partial charge on any atom is -0.385 e. The van der Waals surface area contributed by atoms with Gasteiger partial charge in [-0.1, -0.05) is 0 Å². The van der Waals surface area contributed by atoms with Crippen LogP contribution in [0.3, 0.4) is 0 Å². The molecule has 1 rings (SSSR count). The van der Waals surface area contributed by atoms with Gasteiger partial charge in [0.05, 0.1) is 13.2 Å². The number of unbranched alkanes of at least 4 members (excludes halogenated alkanes) is 2. The van der Waals surface area contributed by atoms with Crippen molar-refractivity contribution in [3.05, 3.63) is 5.82 Å². The molecule has 0 aliphatic rings. The molecule has 0 bridgehead atoms. The fourth-order valence-electron chi connectivity index (χ4n) is 1.58. The van der Waals surface area contributed by atoms with Gasteiger partial charge in [-0.3, -0.25) is 0 Å². The van der Waals surface area contributed by atoms with Gasteiger partial charge in [0.1, 0.15) is 0 Å². The van der Waals surface area contributed by atoms with Crippen molar-refractivity contribution in [2.45, 2.75) is 32.4 Å². The Kier molecular flexibility index (Phi) is 8.28. The molecule has 7 nitrogen and oxygen atoms in total. The third-order valence-corrected chi connectivity index (χ3v) is 2.59. The molecule has 0 aliphatic carbocycles. The molecule has 0 aliphatic heterocycles. The molecule has 1 heterocycles. The second-order valence-electron chi connectivity index (χ2n) is 4.04. The largest absolute Gasteiger partial charge is 0.385 e. The summed E-state index contributed by atoms with van der Waals surface area (Å²) in [5, 5.41) is 14.9. The van der Waals surface area contributed by atoms with Crippen molar-refractivity contribution in [1.29, 1.82) is 0 Å². The Labute approximate surface area is 108 Å². The van der Waals surface area contributed by atoms with Crippen LogP contribution in [-0.4, -0.2) is 54.2 Å². The lowest BCUT2D eigenvalue weighted by Gasteiger charge is -2.05. The molecule has 0 fully saturated rings. The molecule has 1 aromatic heterocycles. The first kappa shape index (κ1) is 15.0. The van der Waals surface area contributed by atoms with Crippen LogP contribution in [0.4, 0.5) is 0 Å². The molecule has 0 saturated heterocycles. The van der Waals surface area contributed by atoms with Crippen molar-refractivity contribution < 1.29 is 9.47 Å². The molecule has 0 saturated carbocycles. The summed E-state index contributed by atoms with van der Waals surface area (Å²) in [6.45, 7) is 3.85. The van der Waals surface area contributed by atoms with E-state index in [1.807, 2.05) is 4.68 Å². The summed E-state index contributed by atoms with van der Waals surface area (Å²) in [4.78, 5) is 0. The third kappa shape index (κ3) is 6.04. The number of tetrazole rings is 1. The first-order chi connectivity index (χ1) is 8.88. The first-order valence-electron chi connectivity index (χ1n) is 6.32. The third-order valence-electron chi connectivity index (χ3n) is 2.59. The molecule has 104 valence electrons. The second kappa shape index (κ2) is 9.93. The van der Waals surface area contributed by atoms with Crippen molar-refractivity contribution in [1.82, 2.24) is 25.5 Å². The molecular formula is C11H23N5O2. The van der Waals surface area contributed by atoms with Gasteiger partial charge in [0.25, 0.3) is 0 Å². The van der Waals surface area contributed by atoms with Crippen LogP contribution in [0.15, 0.2) is 0 Å². The molecule has 1 N–H and O–H groups in total. The Bertz CT molecular complexity index is 305. The Hall–Kier alpha value is -1.05. The van der Waals surface area contributed by atoms with E-state index in [9.17, 15) is 0 Å². The Morgan fingerprint density at radius 3 is 2.72 bits per heavy atom. The maximum Gasteiger partial charge on any atom is 0.165 e. The topological polar surface area (TPSA) is 74.1 Å². The van der Waals surface area contributed by atoms with Gasteiger partial charge in [0.15, 0.2) is 5.82 Å². The highest BCUT2D eigenvalue weighted by atomic mass is 16.5. The lowest BCUT2D eigenvalue weighted by Crippen LogP contribution is -2.21. The van der Waals surface area contributed by atoms with Crippen LogP contribution in [0.5, 0.6) is 0 Å². The monoisotopic (exact) mass is 257 g/mol. The summed E-state index contributed by atoms with van der Waals surface area (Å²) in [6, 6.07) is 0. The number of rotatable bonds is 11. The molecule has 0 spiro atoms. The van der Waals surface area contributed by atoms with Gasteiger partial charge < -0.3 is 14.8 Å². The number of aromatic nitrogens is 4. The van der Waals surface area contributed by atoms with E-state index in [0.717, 1.165) is 44.8 Å². The van der Waals surface area contributed by atoms with Crippen molar-refractivity contribution in [3.63, 3.8) is 0 Å². The van der Waals surface area contributed by atoms with Crippen LogP contribution >= 0.6 is 0 Å². The van der Waals surface area contributed by atoms with E-state index in [1.165, 1.54) is 0 Å². The van der Waals surface area contributed by atoms with E-state index in [0.29, 0.717) is 13.2 Å². The highest BCUT2D eigenvalue weighted by molar-refractivity contribution is 4.79. The van der Waals surface area contributed by atoms with E-state index >= 15 is 0 Å². The molecule has 1 aromatic rings. The number of nitrogens with one attached hydrogen (secondary N) is 1. The van der Waals surface area contributed by atoms with Crippen LogP contribution in [-0.2, 0) is 22.6 Å². The number of hydrogen-bond donors (Lipinski definition) is 1. The van der Waals surface area contributed by atoms with E-state index in [-0.39, 0.29) is 0 Å². The summed E-state index contributed by atoms with van der Waals surface area (Å²) >= 11 is 0. The van der Waals surface area contributed by atoms with Crippen molar-refractivity contribution in [2.75, 3.05) is 34.0 Å². The number of hydrogen-bond acceptors (Lipinski definition) is 6. The summed E-state index contributed by atoms with van der Waals surface area (Å²) < 4.78 is 11.8. The highest BCUT2D eigenvalue weighted by Gasteiger charge is 2.04. The predicted octanol–water partition coefficient (Wildman–Crippen LogP) is 0.226. The standard InChI is InChI=1S/C11H23N5O2/c1-17-8-5-3-4-7-16-11(13-14-15-16)10-12-6-9-18-2/h12H,3-10H2,1-2H3. The quantitative estimate of drug-likeness (QED) is 0.572. The maximum absolute atomic E-state index is 5.01. The SMILES string of the molecule is COCCCCCn1nnnc1CNCCOC. The number of methoxy groups -OCH3 is 2. The van der Waals surface area contributed by atoms with Gasteiger partial charge in [-0.2, -0.15) is 0 Å². The summed E-state index contributed by atoms with van der Waals surface area (Å²) in [6.07, 6.45) is 3.28. The van der Waals surface area contributed by atoms with Crippen molar-refractivity contribution >= 4 is 0 Å². The zero-order chi connectivity index (χ0) is 13.1. The van der Waals surface area contributed by atoms with Crippen LogP contribution in [0.1, 0.15) is 25.1 Å². The van der Waals surface area contributed by atoms with Gasteiger partial charge in [-0.05, 0) is 29.7 Å². The minimum atomic E-state index is 0.675. The van der Waals surface area contributed by atoms with Crippen molar-refractivity contribution in [3.8, 4) is 0 Å². The Balaban J connectivity index is 2.18. The summed E-state index contributed by atoms with van der Waals surface area (Å²) in [7, 11) is 3.41. The molecular weight excluding hydrogens is 234 g/mol. The minimum absolute atomic E-state index is 0.675. The van der Waals surface area contributed by atoms with Gasteiger partial charge in [0, 0.05) is 33.9 Å². The normalized spacial score (nSPS) is 11.0. The van der Waals surface area contributed by atoms with Crippen LogP contribution in [0.2, 0.25) is 0 Å². The smallest absolute Gasteiger partial charge is 0.165 e. The van der Waals surface area contributed by atoms with E-state index in [4.69, 9.17) is 9.47 Å². The molecule has 7 heteroatoms. The average molecular weight is 257 g/mol. The fourth-order valence-corrected chi connectivity index (χ4v) is 1.58. The van der Waals surface area contributed by atoms with Crippen LogP contribution < -0.4 is 5.32 Å². The number of ether oxygens (including phenoxy) is 2. The predicted molar refractivity (Wildman–Crippen MR) is 67.1 cm³/mol. The zero-order valence-corrected chi connectivity index (χ0v) is 11.3. The van der Waals surface area contributed by atoms with Gasteiger partial charge >= 0.3 is 0 Å². The molecule has 18 heavy (non-hydrogen) atoms. The fraction of sp³-hybridized carbons (Fsp3) is 0.909. The lowest BCUT2D eigenvalue weighted by molar-refractivity contribution is 0.191. The Morgan fingerprint density at radius 1 is 1.11 bits per heavy atom. The van der Waals surface area contributed by atoms with Crippen LogP contribution in [0.25, 0.3) is 0 Å². The summed E-state index contributed by atoms with van der Waals surface area (Å²) in [5.41, 5.74) is 0. The van der Waals surface area contributed by atoms with Crippen LogP contribution in [0, 0.1) is 0 Å². The van der Waals surface area contributed by atoms with Gasteiger partial charge in [-0.25, -0.2) is 4.68 Å². The lowest BCUT2D eigenvalue weighted by atomic mass is 10.2. The highest BCUT2D eigenvalue weighted by Crippen LogP contribution is 2.00. The maximum atomic E-state index is 5.01.